The molecular weight excluding hydrogens is 164 g/mol. The maximum absolute atomic E-state index is 5.12. The number of hydrogen-bond acceptors (Lipinski definition) is 3. The monoisotopic (exact) mass is 174 g/mol. The quantitative estimate of drug-likeness (QED) is 0.705. The van der Waals surface area contributed by atoms with E-state index in [1.165, 1.54) is 5.54 Å². The lowest BCUT2D eigenvalue weighted by Crippen LogP contribution is -1.69. The van der Waals surface area contributed by atoms with E-state index in [-0.39, 0.29) is 0 Å². The van der Waals surface area contributed by atoms with Crippen LogP contribution < -0.4 is 0 Å². The normalized spacial score (nSPS) is 9.36. The van der Waals surface area contributed by atoms with Crippen LogP contribution >= 0.6 is 11.6 Å². The Bertz CT molecular complexity index is 182. The minimum Gasteiger partial charge on any atom is -0.177 e. The van der Waals surface area contributed by atoms with Crippen LogP contribution in [0.25, 0.3) is 0 Å². The Morgan fingerprint density at radius 3 is 2.45 bits per heavy atom. The predicted molar refractivity (Wildman–Crippen MR) is 44.2 cm³/mol. The highest BCUT2D eigenvalue weighted by Gasteiger charge is 1.78. The van der Waals surface area contributed by atoms with Crippen molar-refractivity contribution in [2.24, 2.45) is 0 Å². The van der Waals surface area contributed by atoms with Gasteiger partial charge in [-0.15, -0.1) is 10.2 Å². The summed E-state index contributed by atoms with van der Waals surface area (Å²) in [6.07, 6.45) is 2.92. The molecule has 1 heterocycles. The first kappa shape index (κ1) is 10.1. The summed E-state index contributed by atoms with van der Waals surface area (Å²) in [6, 6.07) is 0. The SMILES string of the molecule is CC/C=C/Cl.Cc1nn[nH]n1. The fourth-order valence-corrected chi connectivity index (χ4v) is 0.479. The molecule has 0 aliphatic carbocycles. The van der Waals surface area contributed by atoms with E-state index in [2.05, 4.69) is 20.6 Å². The topological polar surface area (TPSA) is 54.5 Å². The van der Waals surface area contributed by atoms with Gasteiger partial charge in [0.1, 0.15) is 0 Å². The standard InChI is InChI=1S/C4H7Cl.C2H4N4/c1-2-3-4-5;1-2-3-5-6-4-2/h3-4H,2H2,1H3;1H3,(H,3,4,5,6)/b4-3+;. The van der Waals surface area contributed by atoms with Gasteiger partial charge in [-0.05, 0) is 13.3 Å². The van der Waals surface area contributed by atoms with Crippen LogP contribution in [-0.2, 0) is 0 Å². The van der Waals surface area contributed by atoms with Crippen LogP contribution in [0.5, 0.6) is 0 Å². The van der Waals surface area contributed by atoms with Gasteiger partial charge < -0.3 is 0 Å². The van der Waals surface area contributed by atoms with Gasteiger partial charge in [-0.2, -0.15) is 5.21 Å². The minimum atomic E-state index is 0.676. The Morgan fingerprint density at radius 2 is 2.36 bits per heavy atom. The van der Waals surface area contributed by atoms with Crippen molar-refractivity contribution in [1.82, 2.24) is 20.6 Å². The molecule has 0 spiro atoms. The highest BCUT2D eigenvalue weighted by atomic mass is 35.5. The van der Waals surface area contributed by atoms with Gasteiger partial charge in [0.25, 0.3) is 0 Å². The van der Waals surface area contributed by atoms with Gasteiger partial charge in [0.05, 0.1) is 0 Å². The zero-order valence-corrected chi connectivity index (χ0v) is 7.34. The van der Waals surface area contributed by atoms with Crippen LogP contribution in [0.15, 0.2) is 11.6 Å². The largest absolute Gasteiger partial charge is 0.177 e. The number of H-pyrrole nitrogens is 1. The van der Waals surface area contributed by atoms with Gasteiger partial charge in [-0.1, -0.05) is 29.8 Å². The first-order valence-electron chi connectivity index (χ1n) is 3.26. The molecule has 11 heavy (non-hydrogen) atoms. The van der Waals surface area contributed by atoms with E-state index in [1.54, 1.807) is 6.92 Å². The highest BCUT2D eigenvalue weighted by molar-refractivity contribution is 6.25. The van der Waals surface area contributed by atoms with Crippen molar-refractivity contribution >= 4 is 11.6 Å². The van der Waals surface area contributed by atoms with Gasteiger partial charge in [-0.25, -0.2) is 0 Å². The molecule has 0 saturated carbocycles. The Hall–Kier alpha value is -0.900. The molecule has 0 aromatic carbocycles. The number of rotatable bonds is 1. The second-order valence-corrected chi connectivity index (χ2v) is 1.98. The number of aromatic amines is 1. The third-order valence-corrected chi connectivity index (χ3v) is 0.954. The number of halogens is 1. The van der Waals surface area contributed by atoms with Crippen LogP contribution in [0, 0.1) is 6.92 Å². The summed E-state index contributed by atoms with van der Waals surface area (Å²) in [5.41, 5.74) is 1.53. The second kappa shape index (κ2) is 7.21. The summed E-state index contributed by atoms with van der Waals surface area (Å²) < 4.78 is 0. The molecule has 0 atom stereocenters. The molecule has 5 heteroatoms. The molecule has 4 nitrogen and oxygen atoms in total. The second-order valence-electron chi connectivity index (χ2n) is 1.73. The summed E-state index contributed by atoms with van der Waals surface area (Å²) in [6.45, 7) is 3.81. The zero-order valence-electron chi connectivity index (χ0n) is 6.58. The van der Waals surface area contributed by atoms with Gasteiger partial charge in [-0.3, -0.25) is 0 Å². The van der Waals surface area contributed by atoms with Crippen molar-refractivity contribution in [2.75, 3.05) is 0 Å². The summed E-state index contributed by atoms with van der Waals surface area (Å²) >= 11 is 5.12. The number of allylic oxidation sites excluding steroid dienone is 1. The lowest BCUT2D eigenvalue weighted by atomic mass is 10.5. The Labute approximate surface area is 70.6 Å². The Balaban J connectivity index is 0.000000187. The summed E-state index contributed by atoms with van der Waals surface area (Å²) in [5.74, 6) is 0.676. The number of tetrazole rings is 1. The fourth-order valence-electron chi connectivity index (χ4n) is 0.301. The van der Waals surface area contributed by atoms with Gasteiger partial charge in [0.2, 0.25) is 0 Å². The average molecular weight is 175 g/mol. The van der Waals surface area contributed by atoms with Crippen molar-refractivity contribution in [3.63, 3.8) is 0 Å². The molecule has 1 rings (SSSR count). The van der Waals surface area contributed by atoms with E-state index in [0.717, 1.165) is 6.42 Å². The summed E-state index contributed by atoms with van der Waals surface area (Å²) in [5, 5.41) is 12.7. The number of hydrogen-bond donors (Lipinski definition) is 1. The molecule has 0 saturated heterocycles. The predicted octanol–water partition coefficient (Wildman–Crippen LogP) is 1.66. The molecule has 0 aliphatic rings. The van der Waals surface area contributed by atoms with E-state index in [4.69, 9.17) is 11.6 Å². The number of aryl methyl sites for hydroxylation is 1. The Kier molecular flexibility index (Phi) is 6.62. The lowest BCUT2D eigenvalue weighted by Gasteiger charge is -1.63. The number of nitrogens with one attached hydrogen (secondary N) is 1. The maximum Gasteiger partial charge on any atom is 0.171 e. The van der Waals surface area contributed by atoms with Gasteiger partial charge >= 0.3 is 0 Å². The van der Waals surface area contributed by atoms with Gasteiger partial charge in [0, 0.05) is 5.54 Å². The molecule has 1 aromatic heterocycles. The van der Waals surface area contributed by atoms with Crippen LogP contribution in [0.4, 0.5) is 0 Å². The third-order valence-electron chi connectivity index (χ3n) is 0.776. The van der Waals surface area contributed by atoms with Crippen LogP contribution in [0.2, 0.25) is 0 Å². The molecule has 0 aliphatic heterocycles. The van der Waals surface area contributed by atoms with Crippen molar-refractivity contribution < 1.29 is 0 Å². The zero-order chi connectivity index (χ0) is 8.53. The van der Waals surface area contributed by atoms with Crippen LogP contribution in [0.3, 0.4) is 0 Å². The van der Waals surface area contributed by atoms with E-state index in [0.29, 0.717) is 5.82 Å². The fraction of sp³-hybridized carbons (Fsp3) is 0.500. The first-order chi connectivity index (χ1) is 5.31. The van der Waals surface area contributed by atoms with Crippen molar-refractivity contribution in [3.8, 4) is 0 Å². The van der Waals surface area contributed by atoms with E-state index in [9.17, 15) is 0 Å². The molecule has 62 valence electrons. The highest BCUT2D eigenvalue weighted by Crippen LogP contribution is 1.80. The summed E-state index contributed by atoms with van der Waals surface area (Å²) in [4.78, 5) is 0. The molecule has 0 bridgehead atoms. The van der Waals surface area contributed by atoms with E-state index in [1.807, 2.05) is 13.0 Å². The molecule has 1 aromatic rings. The van der Waals surface area contributed by atoms with Gasteiger partial charge in [0.15, 0.2) is 5.82 Å². The third kappa shape index (κ3) is 6.99. The lowest BCUT2D eigenvalue weighted by molar-refractivity contribution is 0.881. The van der Waals surface area contributed by atoms with Crippen LogP contribution in [-0.4, -0.2) is 20.6 Å². The van der Waals surface area contributed by atoms with Crippen molar-refractivity contribution in [1.29, 1.82) is 0 Å². The van der Waals surface area contributed by atoms with Crippen LogP contribution in [0.1, 0.15) is 19.2 Å². The molecule has 0 amide bonds. The summed E-state index contributed by atoms with van der Waals surface area (Å²) in [7, 11) is 0. The van der Waals surface area contributed by atoms with E-state index < -0.39 is 0 Å². The Morgan fingerprint density at radius 1 is 1.64 bits per heavy atom. The molecule has 0 unspecified atom stereocenters. The van der Waals surface area contributed by atoms with E-state index >= 15 is 0 Å². The minimum absolute atomic E-state index is 0.676. The number of nitrogens with zero attached hydrogens (tertiary/aromatic N) is 3. The average Bonchev–Trinajstić information content (AvgIpc) is 2.43. The maximum atomic E-state index is 5.12. The van der Waals surface area contributed by atoms with Crippen molar-refractivity contribution in [3.05, 3.63) is 17.4 Å². The molecular formula is C6H11ClN4. The van der Waals surface area contributed by atoms with Crippen molar-refractivity contribution in [2.45, 2.75) is 20.3 Å². The molecule has 0 fully saturated rings. The molecule has 0 radical (unpaired) electrons. The number of aromatic nitrogens is 4. The smallest absolute Gasteiger partial charge is 0.171 e. The molecule has 1 N–H and O–H groups in total. The first-order valence-corrected chi connectivity index (χ1v) is 3.70.